The molecular weight excluding hydrogens is 338 g/mol. The summed E-state index contributed by atoms with van der Waals surface area (Å²) < 4.78 is 0. The third-order valence-electron chi connectivity index (χ3n) is 6.11. The monoisotopic (exact) mass is 367 g/mol. The van der Waals surface area contributed by atoms with Gasteiger partial charge in [0.05, 0.1) is 12.5 Å². The van der Waals surface area contributed by atoms with Crippen LogP contribution < -0.4 is 5.32 Å². The zero-order chi connectivity index (χ0) is 18.6. The number of hydrogen-bond acceptors (Lipinski definition) is 2. The summed E-state index contributed by atoms with van der Waals surface area (Å²) in [5.41, 5.74) is 2.10. The number of likely N-dealkylation sites (tertiary alicyclic amines) is 1. The number of aromatic amines is 1. The molecule has 2 aliphatic rings. The maximum Gasteiger partial charge on any atom is 0.225 e. The van der Waals surface area contributed by atoms with Crippen molar-refractivity contribution in [1.29, 1.82) is 0 Å². The number of H-pyrrole nitrogens is 1. The van der Waals surface area contributed by atoms with Gasteiger partial charge >= 0.3 is 0 Å². The van der Waals surface area contributed by atoms with Crippen LogP contribution in [0.3, 0.4) is 0 Å². The highest BCUT2D eigenvalue weighted by atomic mass is 16.2. The molecule has 1 aromatic heterocycles. The van der Waals surface area contributed by atoms with Gasteiger partial charge in [0.1, 0.15) is 0 Å². The molecule has 2 N–H and O–H groups in total. The molecule has 1 saturated carbocycles. The van der Waals surface area contributed by atoms with Gasteiger partial charge in [0, 0.05) is 30.7 Å². The number of piperidine rings is 1. The molecular formula is C22H29N3O2. The van der Waals surface area contributed by atoms with Gasteiger partial charge in [0.2, 0.25) is 11.8 Å². The van der Waals surface area contributed by atoms with E-state index in [4.69, 9.17) is 0 Å². The van der Waals surface area contributed by atoms with Crippen molar-refractivity contribution >= 4 is 22.7 Å². The lowest BCUT2D eigenvalue weighted by atomic mass is 9.87. The van der Waals surface area contributed by atoms with Crippen molar-refractivity contribution in [3.8, 4) is 0 Å². The average Bonchev–Trinajstić information content (AvgIpc) is 3.11. The summed E-state index contributed by atoms with van der Waals surface area (Å²) in [6, 6.07) is 10.2. The Bertz CT molecular complexity index is 774. The Morgan fingerprint density at radius 3 is 2.78 bits per heavy atom. The highest BCUT2D eigenvalue weighted by molar-refractivity contribution is 5.84. The first-order valence-electron chi connectivity index (χ1n) is 10.3. The number of aromatic nitrogens is 1. The molecule has 1 saturated heterocycles. The minimum Gasteiger partial charge on any atom is -0.357 e. The predicted octanol–water partition coefficient (Wildman–Crippen LogP) is 3.60. The second-order valence-corrected chi connectivity index (χ2v) is 8.14. The number of rotatable bonds is 5. The maximum absolute atomic E-state index is 12.7. The summed E-state index contributed by atoms with van der Waals surface area (Å²) in [7, 11) is 0. The average molecular weight is 367 g/mol. The van der Waals surface area contributed by atoms with Crippen molar-refractivity contribution in [2.45, 2.75) is 51.5 Å². The van der Waals surface area contributed by atoms with Gasteiger partial charge in [-0.05, 0) is 42.7 Å². The molecule has 4 rings (SSSR count). The van der Waals surface area contributed by atoms with Crippen molar-refractivity contribution < 1.29 is 9.59 Å². The van der Waals surface area contributed by atoms with Crippen molar-refractivity contribution in [2.24, 2.45) is 11.8 Å². The molecule has 2 aromatic rings. The van der Waals surface area contributed by atoms with E-state index in [0.717, 1.165) is 23.1 Å². The molecule has 1 atom stereocenters. The highest BCUT2D eigenvalue weighted by Gasteiger charge is 2.31. The lowest BCUT2D eigenvalue weighted by Gasteiger charge is -2.35. The second-order valence-electron chi connectivity index (χ2n) is 8.14. The Hall–Kier alpha value is -2.30. The molecule has 0 radical (unpaired) electrons. The van der Waals surface area contributed by atoms with Gasteiger partial charge in [-0.2, -0.15) is 0 Å². The van der Waals surface area contributed by atoms with Gasteiger partial charge in [-0.3, -0.25) is 9.59 Å². The largest absolute Gasteiger partial charge is 0.357 e. The van der Waals surface area contributed by atoms with Crippen LogP contribution in [0.5, 0.6) is 0 Å². The number of carbonyl (C=O) groups is 2. The van der Waals surface area contributed by atoms with Gasteiger partial charge in [0.25, 0.3) is 0 Å². The molecule has 144 valence electrons. The van der Waals surface area contributed by atoms with E-state index in [9.17, 15) is 9.59 Å². The van der Waals surface area contributed by atoms with E-state index >= 15 is 0 Å². The lowest BCUT2D eigenvalue weighted by Crippen LogP contribution is -2.47. The molecule has 1 aromatic carbocycles. The van der Waals surface area contributed by atoms with Crippen LogP contribution in [0.2, 0.25) is 0 Å². The summed E-state index contributed by atoms with van der Waals surface area (Å²) in [6.45, 7) is 1.92. The molecule has 5 heteroatoms. The summed E-state index contributed by atoms with van der Waals surface area (Å²) in [5.74, 6) is 0.821. The number of para-hydroxylation sites is 1. The number of fused-ring (bicyclic) bond motifs is 1. The summed E-state index contributed by atoms with van der Waals surface area (Å²) in [4.78, 5) is 30.3. The van der Waals surface area contributed by atoms with Crippen LogP contribution in [0, 0.1) is 11.8 Å². The minimum atomic E-state index is -0.0873. The summed E-state index contributed by atoms with van der Waals surface area (Å²) in [5, 5.41) is 4.22. The second kappa shape index (κ2) is 8.15. The van der Waals surface area contributed by atoms with E-state index in [-0.39, 0.29) is 17.7 Å². The number of benzene rings is 1. The zero-order valence-electron chi connectivity index (χ0n) is 15.9. The fraction of sp³-hybridized carbons (Fsp3) is 0.545. The number of hydrogen-bond donors (Lipinski definition) is 2. The van der Waals surface area contributed by atoms with Crippen LogP contribution in [0.25, 0.3) is 10.9 Å². The smallest absolute Gasteiger partial charge is 0.225 e. The van der Waals surface area contributed by atoms with Gasteiger partial charge in [0.15, 0.2) is 0 Å². The molecule has 0 spiro atoms. The van der Waals surface area contributed by atoms with Gasteiger partial charge in [-0.25, -0.2) is 0 Å². The van der Waals surface area contributed by atoms with Crippen LogP contribution >= 0.6 is 0 Å². The van der Waals surface area contributed by atoms with E-state index in [0.29, 0.717) is 31.8 Å². The Balaban J connectivity index is 1.31. The predicted molar refractivity (Wildman–Crippen MR) is 106 cm³/mol. The number of nitrogens with one attached hydrogen (secondary N) is 2. The van der Waals surface area contributed by atoms with Crippen LogP contribution in [0.1, 0.15) is 50.6 Å². The van der Waals surface area contributed by atoms with Crippen LogP contribution in [0.4, 0.5) is 0 Å². The molecule has 5 nitrogen and oxygen atoms in total. The molecule has 2 fully saturated rings. The van der Waals surface area contributed by atoms with Crippen LogP contribution in [-0.2, 0) is 16.1 Å². The summed E-state index contributed by atoms with van der Waals surface area (Å²) in [6.07, 6.45) is 7.49. The van der Waals surface area contributed by atoms with Crippen molar-refractivity contribution in [1.82, 2.24) is 15.2 Å². The molecule has 2 heterocycles. The van der Waals surface area contributed by atoms with Gasteiger partial charge in [-0.15, -0.1) is 0 Å². The quantitative estimate of drug-likeness (QED) is 0.848. The van der Waals surface area contributed by atoms with E-state index in [1.165, 1.54) is 32.1 Å². The SMILES string of the molecule is O=C(NCc1cc2ccccc2[nH]1)C1CCC(=O)N(CC2CCCCC2)C1. The van der Waals surface area contributed by atoms with E-state index < -0.39 is 0 Å². The Kier molecular flexibility index (Phi) is 5.46. The number of nitrogens with zero attached hydrogens (tertiary/aromatic N) is 1. The molecule has 27 heavy (non-hydrogen) atoms. The fourth-order valence-corrected chi connectivity index (χ4v) is 4.54. The first kappa shape index (κ1) is 18.1. The molecule has 0 bridgehead atoms. The third kappa shape index (κ3) is 4.34. The molecule has 1 aliphatic heterocycles. The van der Waals surface area contributed by atoms with Crippen molar-refractivity contribution in [3.05, 3.63) is 36.0 Å². The van der Waals surface area contributed by atoms with Gasteiger partial charge < -0.3 is 15.2 Å². The normalized spacial score (nSPS) is 21.6. The lowest BCUT2D eigenvalue weighted by molar-refractivity contribution is -0.139. The molecule has 1 aliphatic carbocycles. The molecule has 2 amide bonds. The molecule has 1 unspecified atom stereocenters. The number of amides is 2. The Labute approximate surface area is 160 Å². The zero-order valence-corrected chi connectivity index (χ0v) is 15.9. The maximum atomic E-state index is 12.7. The van der Waals surface area contributed by atoms with Crippen molar-refractivity contribution in [2.75, 3.05) is 13.1 Å². The first-order chi connectivity index (χ1) is 13.2. The van der Waals surface area contributed by atoms with Crippen molar-refractivity contribution in [3.63, 3.8) is 0 Å². The fourth-order valence-electron chi connectivity index (χ4n) is 4.54. The standard InChI is InChI=1S/C22H29N3O2/c26-21-11-10-18(15-25(21)14-16-6-2-1-3-7-16)22(27)23-13-19-12-17-8-4-5-9-20(17)24-19/h4-5,8-9,12,16,18,24H,1-3,6-7,10-11,13-15H2,(H,23,27). The minimum absolute atomic E-state index is 0.0646. The highest BCUT2D eigenvalue weighted by Crippen LogP contribution is 2.27. The van der Waals surface area contributed by atoms with Crippen LogP contribution in [-0.4, -0.2) is 34.8 Å². The number of carbonyl (C=O) groups excluding carboxylic acids is 2. The van der Waals surface area contributed by atoms with Crippen LogP contribution in [0.15, 0.2) is 30.3 Å². The topological polar surface area (TPSA) is 65.2 Å². The summed E-state index contributed by atoms with van der Waals surface area (Å²) >= 11 is 0. The Morgan fingerprint density at radius 2 is 1.96 bits per heavy atom. The van der Waals surface area contributed by atoms with E-state index in [2.05, 4.69) is 22.4 Å². The first-order valence-corrected chi connectivity index (χ1v) is 10.3. The van der Waals surface area contributed by atoms with E-state index in [1.807, 2.05) is 23.1 Å². The van der Waals surface area contributed by atoms with E-state index in [1.54, 1.807) is 0 Å². The Morgan fingerprint density at radius 1 is 1.15 bits per heavy atom. The van der Waals surface area contributed by atoms with Gasteiger partial charge in [-0.1, -0.05) is 37.5 Å². The third-order valence-corrected chi connectivity index (χ3v) is 6.11.